The van der Waals surface area contributed by atoms with E-state index in [1.807, 2.05) is 24.3 Å². The molecule has 1 aromatic carbocycles. The van der Waals surface area contributed by atoms with Crippen molar-refractivity contribution >= 4 is 14.3 Å². The molecule has 5 nitrogen and oxygen atoms in total. The minimum Gasteiger partial charge on any atom is -0.491 e. The van der Waals surface area contributed by atoms with Crippen LogP contribution < -0.4 is 4.74 Å². The highest BCUT2D eigenvalue weighted by molar-refractivity contribution is 6.74. The predicted octanol–water partition coefficient (Wildman–Crippen LogP) is 4.34. The Kier molecular flexibility index (Phi) is 6.88. The third kappa shape index (κ3) is 5.31. The Morgan fingerprint density at radius 1 is 1.15 bits per heavy atom. The van der Waals surface area contributed by atoms with E-state index in [-0.39, 0.29) is 23.0 Å². The minimum absolute atomic E-state index is 0.0527. The van der Waals surface area contributed by atoms with Crippen molar-refractivity contribution in [3.8, 4) is 5.75 Å². The number of ether oxygens (including phenoxy) is 3. The van der Waals surface area contributed by atoms with Gasteiger partial charge in [-0.1, -0.05) is 32.9 Å². The lowest BCUT2D eigenvalue weighted by Crippen LogP contribution is -2.42. The normalized spacial score (nSPS) is 20.9. The first kappa shape index (κ1) is 20.9. The molecule has 6 heteroatoms. The highest BCUT2D eigenvalue weighted by Gasteiger charge is 2.41. The molecule has 1 heterocycles. The van der Waals surface area contributed by atoms with Gasteiger partial charge in [0.2, 0.25) is 0 Å². The monoisotopic (exact) mass is 380 g/mol. The molecule has 0 N–H and O–H groups in total. The summed E-state index contributed by atoms with van der Waals surface area (Å²) in [6, 6.07) is 7.74. The average molecular weight is 381 g/mol. The smallest absolute Gasteiger partial charge is 0.306 e. The van der Waals surface area contributed by atoms with Gasteiger partial charge in [0, 0.05) is 19.6 Å². The Morgan fingerprint density at radius 2 is 1.81 bits per heavy atom. The molecule has 1 fully saturated rings. The maximum absolute atomic E-state index is 11.9. The van der Waals surface area contributed by atoms with Gasteiger partial charge in [0.15, 0.2) is 8.32 Å². The summed E-state index contributed by atoms with van der Waals surface area (Å²) in [5.74, 6) is 0.681. The molecule has 0 radical (unpaired) electrons. The van der Waals surface area contributed by atoms with E-state index in [2.05, 4.69) is 33.9 Å². The third-order valence-corrected chi connectivity index (χ3v) is 9.85. The number of cyclic esters (lactones) is 1. The van der Waals surface area contributed by atoms with Gasteiger partial charge in [0.25, 0.3) is 0 Å². The summed E-state index contributed by atoms with van der Waals surface area (Å²) in [4.78, 5) is 11.9. The van der Waals surface area contributed by atoms with Crippen molar-refractivity contribution in [2.75, 3.05) is 26.9 Å². The molecule has 1 aromatic rings. The van der Waals surface area contributed by atoms with E-state index in [1.54, 1.807) is 7.11 Å². The first-order chi connectivity index (χ1) is 12.1. The molecule has 0 aromatic heterocycles. The number of hydrogen-bond donors (Lipinski definition) is 0. The zero-order chi connectivity index (χ0) is 19.4. The zero-order valence-corrected chi connectivity index (χ0v) is 17.8. The van der Waals surface area contributed by atoms with Crippen LogP contribution in [0.2, 0.25) is 18.1 Å². The van der Waals surface area contributed by atoms with Crippen molar-refractivity contribution in [3.05, 3.63) is 29.8 Å². The molecule has 1 saturated heterocycles. The van der Waals surface area contributed by atoms with Gasteiger partial charge in [-0.25, -0.2) is 0 Å². The fourth-order valence-electron chi connectivity index (χ4n) is 2.62. The maximum atomic E-state index is 11.9. The van der Waals surface area contributed by atoms with Crippen molar-refractivity contribution in [1.29, 1.82) is 0 Å². The quantitative estimate of drug-likeness (QED) is 0.381. The SMILES string of the molecule is COCCOc1ccc([C@@H]2OC(=O)C[C@H]2CO[Si](C)(C)C(C)(C)C)cc1. The fraction of sp³-hybridized carbons (Fsp3) is 0.650. The lowest BCUT2D eigenvalue weighted by Gasteiger charge is -2.37. The molecule has 0 amide bonds. The Balaban J connectivity index is 2.01. The van der Waals surface area contributed by atoms with Gasteiger partial charge in [-0.3, -0.25) is 4.79 Å². The van der Waals surface area contributed by atoms with Crippen LogP contribution in [-0.4, -0.2) is 41.2 Å². The second kappa shape index (κ2) is 8.54. The van der Waals surface area contributed by atoms with Gasteiger partial charge in [0.1, 0.15) is 18.5 Å². The van der Waals surface area contributed by atoms with Gasteiger partial charge < -0.3 is 18.6 Å². The number of hydrogen-bond acceptors (Lipinski definition) is 5. The second-order valence-corrected chi connectivity index (χ2v) is 13.2. The molecule has 0 bridgehead atoms. The van der Waals surface area contributed by atoms with Crippen LogP contribution in [0.15, 0.2) is 24.3 Å². The van der Waals surface area contributed by atoms with Gasteiger partial charge in [-0.15, -0.1) is 0 Å². The van der Waals surface area contributed by atoms with Crippen LogP contribution in [-0.2, 0) is 18.7 Å². The van der Waals surface area contributed by atoms with Crippen LogP contribution in [0.3, 0.4) is 0 Å². The minimum atomic E-state index is -1.85. The Hall–Kier alpha value is -1.37. The van der Waals surface area contributed by atoms with E-state index in [0.29, 0.717) is 26.2 Å². The molecular weight excluding hydrogens is 348 g/mol. The number of carbonyl (C=O) groups excluding carboxylic acids is 1. The average Bonchev–Trinajstić information content (AvgIpc) is 2.94. The van der Waals surface area contributed by atoms with Crippen LogP contribution >= 0.6 is 0 Å². The molecule has 0 spiro atoms. The fourth-order valence-corrected chi connectivity index (χ4v) is 3.69. The molecule has 0 unspecified atom stereocenters. The molecule has 146 valence electrons. The Bertz CT molecular complexity index is 591. The molecule has 26 heavy (non-hydrogen) atoms. The van der Waals surface area contributed by atoms with Gasteiger partial charge >= 0.3 is 5.97 Å². The van der Waals surface area contributed by atoms with Crippen LogP contribution in [0.1, 0.15) is 38.9 Å². The largest absolute Gasteiger partial charge is 0.491 e. The molecule has 0 saturated carbocycles. The van der Waals surface area contributed by atoms with Gasteiger partial charge in [-0.2, -0.15) is 0 Å². The highest BCUT2D eigenvalue weighted by Crippen LogP contribution is 2.40. The third-order valence-electron chi connectivity index (χ3n) is 5.34. The molecule has 1 aliphatic heterocycles. The van der Waals surface area contributed by atoms with Crippen LogP contribution in [0.5, 0.6) is 5.75 Å². The molecule has 2 atom stereocenters. The molecule has 1 aliphatic rings. The lowest BCUT2D eigenvalue weighted by atomic mass is 9.96. The summed E-state index contributed by atoms with van der Waals surface area (Å²) in [5.41, 5.74) is 0.985. The van der Waals surface area contributed by atoms with E-state index in [0.717, 1.165) is 11.3 Å². The van der Waals surface area contributed by atoms with Crippen molar-refractivity contribution in [3.63, 3.8) is 0 Å². The van der Waals surface area contributed by atoms with Gasteiger partial charge in [-0.05, 0) is 35.8 Å². The lowest BCUT2D eigenvalue weighted by molar-refractivity contribution is -0.141. The Morgan fingerprint density at radius 3 is 2.38 bits per heavy atom. The topological polar surface area (TPSA) is 54.0 Å². The highest BCUT2D eigenvalue weighted by atomic mass is 28.4. The second-order valence-electron chi connectivity index (χ2n) is 8.36. The summed E-state index contributed by atoms with van der Waals surface area (Å²) in [6.45, 7) is 12.7. The summed E-state index contributed by atoms with van der Waals surface area (Å²) in [5, 5.41) is 0.146. The standard InChI is InChI=1S/C20H32O5Si/c1-20(2,3)26(5,6)24-14-16-13-18(21)25-19(16)15-7-9-17(10-8-15)23-12-11-22-4/h7-10,16,19H,11-14H2,1-6H3/t16-,19-/m0/s1. The van der Waals surface area contributed by atoms with E-state index in [9.17, 15) is 4.79 Å². The molecule has 0 aliphatic carbocycles. The summed E-state index contributed by atoms with van der Waals surface area (Å²) < 4.78 is 22.5. The molecular formula is C20H32O5Si. The van der Waals surface area contributed by atoms with Crippen molar-refractivity contribution < 1.29 is 23.4 Å². The van der Waals surface area contributed by atoms with Crippen LogP contribution in [0.4, 0.5) is 0 Å². The first-order valence-electron chi connectivity index (χ1n) is 9.19. The number of methoxy groups -OCH3 is 1. The maximum Gasteiger partial charge on any atom is 0.306 e. The van der Waals surface area contributed by atoms with Crippen molar-refractivity contribution in [2.24, 2.45) is 5.92 Å². The van der Waals surface area contributed by atoms with Crippen LogP contribution in [0, 0.1) is 5.92 Å². The number of esters is 1. The van der Waals surface area contributed by atoms with E-state index < -0.39 is 8.32 Å². The van der Waals surface area contributed by atoms with Crippen molar-refractivity contribution in [2.45, 2.75) is 51.4 Å². The van der Waals surface area contributed by atoms with E-state index in [1.165, 1.54) is 0 Å². The Labute approximate surface area is 158 Å². The van der Waals surface area contributed by atoms with Gasteiger partial charge in [0.05, 0.1) is 13.0 Å². The number of rotatable bonds is 8. The van der Waals surface area contributed by atoms with Crippen molar-refractivity contribution in [1.82, 2.24) is 0 Å². The van der Waals surface area contributed by atoms with E-state index >= 15 is 0 Å². The predicted molar refractivity (Wildman–Crippen MR) is 104 cm³/mol. The zero-order valence-electron chi connectivity index (χ0n) is 16.8. The van der Waals surface area contributed by atoms with Crippen LogP contribution in [0.25, 0.3) is 0 Å². The summed E-state index contributed by atoms with van der Waals surface area (Å²) >= 11 is 0. The number of benzene rings is 1. The first-order valence-corrected chi connectivity index (χ1v) is 12.1. The summed E-state index contributed by atoms with van der Waals surface area (Å²) in [6.07, 6.45) is 0.158. The van der Waals surface area contributed by atoms with E-state index in [4.69, 9.17) is 18.6 Å². The summed E-state index contributed by atoms with van der Waals surface area (Å²) in [7, 11) is -0.206. The number of carbonyl (C=O) groups is 1. The molecule has 2 rings (SSSR count).